The molecule has 1 aromatic heterocycles. The molecule has 102 valence electrons. The predicted molar refractivity (Wildman–Crippen MR) is 65.3 cm³/mol. The van der Waals surface area contributed by atoms with Crippen LogP contribution in [0.2, 0.25) is 0 Å². The van der Waals surface area contributed by atoms with E-state index in [2.05, 4.69) is 4.72 Å². The number of nitrogens with one attached hydrogen (secondary N) is 1. The van der Waals surface area contributed by atoms with E-state index in [9.17, 15) is 17.9 Å². The van der Waals surface area contributed by atoms with E-state index >= 15 is 0 Å². The average Bonchev–Trinajstić information content (AvgIpc) is 2.90. The van der Waals surface area contributed by atoms with Gasteiger partial charge in [-0.25, -0.2) is 17.5 Å². The molecule has 2 N–H and O–H groups in total. The van der Waals surface area contributed by atoms with Gasteiger partial charge < -0.3 is 9.52 Å². The van der Waals surface area contributed by atoms with Crippen LogP contribution < -0.4 is 4.72 Å². The standard InChI is InChI=1S/C12H12FNO4S/c13-10-3-1-2-4-12(10)19(16,17)14-7-11(15)9-5-6-18-8-9/h1-6,8,11,14-15H,7H2. The van der Waals surface area contributed by atoms with Crippen LogP contribution in [0.15, 0.2) is 52.2 Å². The molecule has 0 radical (unpaired) electrons. The molecular weight excluding hydrogens is 273 g/mol. The number of benzene rings is 1. The Bertz CT molecular complexity index is 640. The van der Waals surface area contributed by atoms with Crippen molar-refractivity contribution < 1.29 is 22.3 Å². The second-order valence-electron chi connectivity index (χ2n) is 3.85. The minimum Gasteiger partial charge on any atom is -0.472 e. The predicted octanol–water partition coefficient (Wildman–Crippen LogP) is 1.43. The maximum atomic E-state index is 13.4. The Labute approximate surface area is 109 Å². The Balaban J connectivity index is 2.09. The lowest BCUT2D eigenvalue weighted by Gasteiger charge is -2.11. The molecule has 0 aliphatic heterocycles. The summed E-state index contributed by atoms with van der Waals surface area (Å²) in [6.07, 6.45) is 1.62. The second-order valence-corrected chi connectivity index (χ2v) is 5.59. The fourth-order valence-corrected chi connectivity index (χ4v) is 2.63. The zero-order valence-electron chi connectivity index (χ0n) is 9.78. The first-order valence-electron chi connectivity index (χ1n) is 5.45. The van der Waals surface area contributed by atoms with E-state index in [-0.39, 0.29) is 6.54 Å². The Morgan fingerprint density at radius 2 is 2.05 bits per heavy atom. The summed E-state index contributed by atoms with van der Waals surface area (Å²) in [5.41, 5.74) is 0.441. The summed E-state index contributed by atoms with van der Waals surface area (Å²) >= 11 is 0. The van der Waals surface area contributed by atoms with Crippen LogP contribution >= 0.6 is 0 Å². The third-order valence-electron chi connectivity index (χ3n) is 2.52. The number of aliphatic hydroxyl groups excluding tert-OH is 1. The molecule has 1 unspecified atom stereocenters. The van der Waals surface area contributed by atoms with Gasteiger partial charge in [-0.1, -0.05) is 12.1 Å². The van der Waals surface area contributed by atoms with Crippen molar-refractivity contribution in [2.45, 2.75) is 11.0 Å². The number of rotatable bonds is 5. The summed E-state index contributed by atoms with van der Waals surface area (Å²) in [4.78, 5) is -0.450. The third-order valence-corrected chi connectivity index (χ3v) is 3.98. The van der Waals surface area contributed by atoms with Crippen LogP contribution in [0.25, 0.3) is 0 Å². The van der Waals surface area contributed by atoms with E-state index in [1.54, 1.807) is 0 Å². The Morgan fingerprint density at radius 1 is 1.32 bits per heavy atom. The lowest BCUT2D eigenvalue weighted by Crippen LogP contribution is -2.29. The van der Waals surface area contributed by atoms with E-state index in [0.29, 0.717) is 5.56 Å². The molecule has 0 spiro atoms. The highest BCUT2D eigenvalue weighted by atomic mass is 32.2. The molecule has 0 saturated heterocycles. The van der Waals surface area contributed by atoms with Crippen LogP contribution in [0.5, 0.6) is 0 Å². The van der Waals surface area contributed by atoms with Crippen LogP contribution in [0, 0.1) is 5.82 Å². The SMILES string of the molecule is O=S(=O)(NCC(O)c1ccoc1)c1ccccc1F. The van der Waals surface area contributed by atoms with Gasteiger partial charge in [-0.05, 0) is 18.2 Å². The number of aliphatic hydroxyl groups is 1. The van der Waals surface area contributed by atoms with Crippen LogP contribution in [-0.2, 0) is 10.0 Å². The van der Waals surface area contributed by atoms with Crippen LogP contribution in [-0.4, -0.2) is 20.1 Å². The zero-order valence-corrected chi connectivity index (χ0v) is 10.6. The maximum Gasteiger partial charge on any atom is 0.243 e. The first kappa shape index (κ1) is 13.7. The van der Waals surface area contributed by atoms with Gasteiger partial charge in [-0.15, -0.1) is 0 Å². The number of furan rings is 1. The molecule has 0 amide bonds. The number of halogens is 1. The molecule has 0 fully saturated rings. The summed E-state index contributed by atoms with van der Waals surface area (Å²) in [6, 6.07) is 6.55. The quantitative estimate of drug-likeness (QED) is 0.871. The summed E-state index contributed by atoms with van der Waals surface area (Å²) < 4.78 is 44.0. The smallest absolute Gasteiger partial charge is 0.243 e. The van der Waals surface area contributed by atoms with E-state index in [4.69, 9.17) is 4.42 Å². The van der Waals surface area contributed by atoms with Crippen molar-refractivity contribution in [3.05, 3.63) is 54.2 Å². The number of sulfonamides is 1. The third kappa shape index (κ3) is 3.19. The van der Waals surface area contributed by atoms with E-state index in [1.807, 2.05) is 0 Å². The molecule has 2 aromatic rings. The van der Waals surface area contributed by atoms with Gasteiger partial charge in [0.05, 0.1) is 18.6 Å². The highest BCUT2D eigenvalue weighted by molar-refractivity contribution is 7.89. The molecular formula is C12H12FNO4S. The normalized spacial score (nSPS) is 13.4. The molecule has 0 bridgehead atoms. The Morgan fingerprint density at radius 3 is 2.68 bits per heavy atom. The molecule has 1 atom stereocenters. The Hall–Kier alpha value is -1.70. The number of hydrogen-bond acceptors (Lipinski definition) is 4. The van der Waals surface area contributed by atoms with Gasteiger partial charge in [0.1, 0.15) is 10.7 Å². The topological polar surface area (TPSA) is 79.5 Å². The minimum absolute atomic E-state index is 0.268. The van der Waals surface area contributed by atoms with Crippen LogP contribution in [0.4, 0.5) is 4.39 Å². The van der Waals surface area contributed by atoms with Crippen LogP contribution in [0.3, 0.4) is 0 Å². The first-order chi connectivity index (χ1) is 9.00. The lowest BCUT2D eigenvalue weighted by atomic mass is 10.2. The van der Waals surface area contributed by atoms with Gasteiger partial charge >= 0.3 is 0 Å². The van der Waals surface area contributed by atoms with Gasteiger partial charge in [0, 0.05) is 12.1 Å². The minimum atomic E-state index is -3.99. The molecule has 5 nitrogen and oxygen atoms in total. The average molecular weight is 285 g/mol. The highest BCUT2D eigenvalue weighted by Gasteiger charge is 2.20. The van der Waals surface area contributed by atoms with E-state index < -0.39 is 26.8 Å². The van der Waals surface area contributed by atoms with Gasteiger partial charge in [-0.3, -0.25) is 0 Å². The fraction of sp³-hybridized carbons (Fsp3) is 0.167. The van der Waals surface area contributed by atoms with Crippen molar-refractivity contribution in [1.82, 2.24) is 4.72 Å². The van der Waals surface area contributed by atoms with Crippen molar-refractivity contribution in [3.8, 4) is 0 Å². The van der Waals surface area contributed by atoms with E-state index in [1.165, 1.54) is 30.7 Å². The molecule has 0 saturated carbocycles. The van der Waals surface area contributed by atoms with Gasteiger partial charge in [-0.2, -0.15) is 0 Å². The number of hydrogen-bond donors (Lipinski definition) is 2. The summed E-state index contributed by atoms with van der Waals surface area (Å²) in [6.45, 7) is -0.268. The van der Waals surface area contributed by atoms with Crippen molar-refractivity contribution >= 4 is 10.0 Å². The molecule has 2 rings (SSSR count). The van der Waals surface area contributed by atoms with Crippen molar-refractivity contribution in [2.24, 2.45) is 0 Å². The first-order valence-corrected chi connectivity index (χ1v) is 6.93. The summed E-state index contributed by atoms with van der Waals surface area (Å²) in [5, 5.41) is 9.71. The molecule has 7 heteroatoms. The maximum absolute atomic E-state index is 13.4. The monoisotopic (exact) mass is 285 g/mol. The molecule has 0 aliphatic carbocycles. The molecule has 1 heterocycles. The van der Waals surface area contributed by atoms with Gasteiger partial charge in [0.15, 0.2) is 0 Å². The molecule has 0 aliphatic rings. The lowest BCUT2D eigenvalue weighted by molar-refractivity contribution is 0.181. The van der Waals surface area contributed by atoms with Crippen molar-refractivity contribution in [1.29, 1.82) is 0 Å². The van der Waals surface area contributed by atoms with Gasteiger partial charge in [0.2, 0.25) is 10.0 Å². The van der Waals surface area contributed by atoms with E-state index in [0.717, 1.165) is 12.1 Å². The Kier molecular flexibility index (Phi) is 3.98. The van der Waals surface area contributed by atoms with Crippen molar-refractivity contribution in [3.63, 3.8) is 0 Å². The molecule has 19 heavy (non-hydrogen) atoms. The fourth-order valence-electron chi connectivity index (χ4n) is 1.51. The zero-order chi connectivity index (χ0) is 13.9. The largest absolute Gasteiger partial charge is 0.472 e. The highest BCUT2D eigenvalue weighted by Crippen LogP contribution is 2.16. The van der Waals surface area contributed by atoms with Gasteiger partial charge in [0.25, 0.3) is 0 Å². The molecule has 1 aromatic carbocycles. The van der Waals surface area contributed by atoms with Crippen LogP contribution in [0.1, 0.15) is 11.7 Å². The summed E-state index contributed by atoms with van der Waals surface area (Å²) in [5.74, 6) is -0.840. The summed E-state index contributed by atoms with van der Waals surface area (Å²) in [7, 11) is -3.99. The second kappa shape index (κ2) is 5.52. The van der Waals surface area contributed by atoms with Crippen molar-refractivity contribution in [2.75, 3.05) is 6.54 Å².